The predicted octanol–water partition coefficient (Wildman–Crippen LogP) is 3.07. The minimum atomic E-state index is -0.666. The van der Waals surface area contributed by atoms with Gasteiger partial charge < -0.3 is 15.2 Å². The number of amides is 1. The van der Waals surface area contributed by atoms with Gasteiger partial charge in [0.1, 0.15) is 18.5 Å². The summed E-state index contributed by atoms with van der Waals surface area (Å²) in [4.78, 5) is 10.9. The molecule has 2 N–H and O–H groups in total. The van der Waals surface area contributed by atoms with E-state index in [1.54, 1.807) is 24.3 Å². The smallest absolute Gasteiger partial charge is 0.221 e. The number of aliphatic hydroxyl groups excluding tert-OH is 1. The van der Waals surface area contributed by atoms with Crippen LogP contribution in [-0.2, 0) is 4.79 Å². The monoisotopic (exact) mass is 285 g/mol. The number of rotatable bonds is 5. The summed E-state index contributed by atoms with van der Waals surface area (Å²) < 4.78 is 5.55. The van der Waals surface area contributed by atoms with Crippen molar-refractivity contribution in [2.75, 3.05) is 11.9 Å². The van der Waals surface area contributed by atoms with Gasteiger partial charge in [-0.3, -0.25) is 4.79 Å². The molecule has 0 saturated carbocycles. The van der Waals surface area contributed by atoms with E-state index >= 15 is 0 Å². The molecule has 0 aliphatic rings. The van der Waals surface area contributed by atoms with E-state index in [-0.39, 0.29) is 12.5 Å². The summed E-state index contributed by atoms with van der Waals surface area (Å²) in [5.41, 5.74) is 2.70. The largest absolute Gasteiger partial charge is 0.491 e. The van der Waals surface area contributed by atoms with Crippen molar-refractivity contribution in [3.8, 4) is 5.75 Å². The SMILES string of the molecule is CC(=O)Nc1ccc(OCC(O)c2ccc(C)cc2)cc1. The summed E-state index contributed by atoms with van der Waals surface area (Å²) in [5.74, 6) is 0.536. The van der Waals surface area contributed by atoms with Crippen LogP contribution in [0.4, 0.5) is 5.69 Å². The molecule has 110 valence electrons. The Morgan fingerprint density at radius 3 is 2.33 bits per heavy atom. The van der Waals surface area contributed by atoms with E-state index in [1.165, 1.54) is 6.92 Å². The number of carbonyl (C=O) groups excluding carboxylic acids is 1. The van der Waals surface area contributed by atoms with Crippen LogP contribution in [0, 0.1) is 6.92 Å². The van der Waals surface area contributed by atoms with Crippen molar-refractivity contribution in [3.05, 3.63) is 59.7 Å². The average molecular weight is 285 g/mol. The molecule has 1 amide bonds. The van der Waals surface area contributed by atoms with E-state index in [1.807, 2.05) is 31.2 Å². The summed E-state index contributed by atoms with van der Waals surface area (Å²) in [6.45, 7) is 3.65. The Hall–Kier alpha value is -2.33. The first-order valence-electron chi connectivity index (χ1n) is 6.79. The minimum Gasteiger partial charge on any atom is -0.491 e. The first kappa shape index (κ1) is 15.1. The highest BCUT2D eigenvalue weighted by atomic mass is 16.5. The van der Waals surface area contributed by atoms with Crippen LogP contribution in [0.25, 0.3) is 0 Å². The first-order chi connectivity index (χ1) is 10.0. The molecule has 21 heavy (non-hydrogen) atoms. The molecule has 0 spiro atoms. The van der Waals surface area contributed by atoms with Crippen LogP contribution in [0.2, 0.25) is 0 Å². The highest BCUT2D eigenvalue weighted by Gasteiger charge is 2.08. The Bertz CT molecular complexity index is 590. The lowest BCUT2D eigenvalue weighted by Crippen LogP contribution is -2.10. The van der Waals surface area contributed by atoms with Gasteiger partial charge in [-0.25, -0.2) is 0 Å². The number of aliphatic hydroxyl groups is 1. The van der Waals surface area contributed by atoms with Gasteiger partial charge in [-0.15, -0.1) is 0 Å². The normalized spacial score (nSPS) is 11.8. The summed E-state index contributed by atoms with van der Waals surface area (Å²) in [7, 11) is 0. The van der Waals surface area contributed by atoms with Crippen molar-refractivity contribution in [3.63, 3.8) is 0 Å². The van der Waals surface area contributed by atoms with Gasteiger partial charge in [0.2, 0.25) is 5.91 Å². The number of ether oxygens (including phenoxy) is 1. The fourth-order valence-electron chi connectivity index (χ4n) is 1.90. The zero-order chi connectivity index (χ0) is 15.2. The van der Waals surface area contributed by atoms with E-state index in [4.69, 9.17) is 4.74 Å². The second-order valence-corrected chi connectivity index (χ2v) is 4.94. The fraction of sp³-hybridized carbons (Fsp3) is 0.235. The van der Waals surface area contributed by atoms with E-state index in [2.05, 4.69) is 5.32 Å². The van der Waals surface area contributed by atoms with Crippen molar-refractivity contribution in [1.82, 2.24) is 0 Å². The maximum absolute atomic E-state index is 10.9. The molecule has 1 unspecified atom stereocenters. The zero-order valence-corrected chi connectivity index (χ0v) is 12.2. The standard InChI is InChI=1S/C17H19NO3/c1-12-3-5-14(6-4-12)17(20)11-21-16-9-7-15(8-10-16)18-13(2)19/h3-10,17,20H,11H2,1-2H3,(H,18,19). The van der Waals surface area contributed by atoms with E-state index in [0.29, 0.717) is 11.4 Å². The molecule has 2 aromatic rings. The van der Waals surface area contributed by atoms with Gasteiger partial charge in [0, 0.05) is 12.6 Å². The van der Waals surface area contributed by atoms with Gasteiger partial charge in [0.15, 0.2) is 0 Å². The van der Waals surface area contributed by atoms with Gasteiger partial charge in [-0.05, 0) is 36.8 Å². The third-order valence-electron chi connectivity index (χ3n) is 3.04. The molecule has 1 atom stereocenters. The highest BCUT2D eigenvalue weighted by molar-refractivity contribution is 5.88. The molecule has 0 aliphatic heterocycles. The zero-order valence-electron chi connectivity index (χ0n) is 12.2. The molecular weight excluding hydrogens is 266 g/mol. The number of aryl methyl sites for hydroxylation is 1. The molecule has 4 nitrogen and oxygen atoms in total. The van der Waals surface area contributed by atoms with Crippen molar-refractivity contribution >= 4 is 11.6 Å². The second-order valence-electron chi connectivity index (χ2n) is 4.94. The predicted molar refractivity (Wildman–Crippen MR) is 82.4 cm³/mol. The van der Waals surface area contributed by atoms with Crippen molar-refractivity contribution in [2.24, 2.45) is 0 Å². The van der Waals surface area contributed by atoms with Crippen LogP contribution in [0.1, 0.15) is 24.2 Å². The molecule has 0 fully saturated rings. The topological polar surface area (TPSA) is 58.6 Å². The summed E-state index contributed by atoms with van der Waals surface area (Å²) in [6.07, 6.45) is -0.666. The molecular formula is C17H19NO3. The number of hydrogen-bond donors (Lipinski definition) is 2. The Balaban J connectivity index is 1.90. The van der Waals surface area contributed by atoms with E-state index in [9.17, 15) is 9.90 Å². The maximum Gasteiger partial charge on any atom is 0.221 e. The first-order valence-corrected chi connectivity index (χ1v) is 6.79. The van der Waals surface area contributed by atoms with Gasteiger partial charge in [0.25, 0.3) is 0 Å². The summed E-state index contributed by atoms with van der Waals surface area (Å²) >= 11 is 0. The van der Waals surface area contributed by atoms with Crippen LogP contribution >= 0.6 is 0 Å². The quantitative estimate of drug-likeness (QED) is 0.887. The molecule has 2 aromatic carbocycles. The average Bonchev–Trinajstić information content (AvgIpc) is 2.46. The Labute approximate surface area is 124 Å². The number of carbonyl (C=O) groups is 1. The summed E-state index contributed by atoms with van der Waals surface area (Å²) in [6, 6.07) is 14.7. The second kappa shape index (κ2) is 6.90. The molecule has 0 heterocycles. The molecule has 2 rings (SSSR count). The molecule has 0 radical (unpaired) electrons. The lowest BCUT2D eigenvalue weighted by molar-refractivity contribution is -0.114. The third kappa shape index (κ3) is 4.61. The number of nitrogens with one attached hydrogen (secondary N) is 1. The van der Waals surface area contributed by atoms with Gasteiger partial charge in [0.05, 0.1) is 0 Å². The van der Waals surface area contributed by atoms with Crippen molar-refractivity contribution in [2.45, 2.75) is 20.0 Å². The maximum atomic E-state index is 10.9. The van der Waals surface area contributed by atoms with Gasteiger partial charge in [-0.1, -0.05) is 29.8 Å². The minimum absolute atomic E-state index is 0.113. The molecule has 0 bridgehead atoms. The third-order valence-corrected chi connectivity index (χ3v) is 3.04. The van der Waals surface area contributed by atoms with Gasteiger partial charge >= 0.3 is 0 Å². The summed E-state index contributed by atoms with van der Waals surface area (Å²) in [5, 5.41) is 12.7. The van der Waals surface area contributed by atoms with E-state index in [0.717, 1.165) is 11.1 Å². The van der Waals surface area contributed by atoms with E-state index < -0.39 is 6.10 Å². The van der Waals surface area contributed by atoms with Crippen LogP contribution in [0.5, 0.6) is 5.75 Å². The molecule has 0 saturated heterocycles. The van der Waals surface area contributed by atoms with Crippen LogP contribution in [0.15, 0.2) is 48.5 Å². The highest BCUT2D eigenvalue weighted by Crippen LogP contribution is 2.19. The van der Waals surface area contributed by atoms with Crippen molar-refractivity contribution in [1.29, 1.82) is 0 Å². The van der Waals surface area contributed by atoms with Gasteiger partial charge in [-0.2, -0.15) is 0 Å². The number of hydrogen-bond acceptors (Lipinski definition) is 3. The Morgan fingerprint density at radius 1 is 1.14 bits per heavy atom. The molecule has 0 aliphatic carbocycles. The number of benzene rings is 2. The lowest BCUT2D eigenvalue weighted by atomic mass is 10.1. The molecule has 0 aromatic heterocycles. The Kier molecular flexibility index (Phi) is 4.95. The van der Waals surface area contributed by atoms with Crippen molar-refractivity contribution < 1.29 is 14.6 Å². The van der Waals surface area contributed by atoms with Crippen LogP contribution < -0.4 is 10.1 Å². The fourth-order valence-corrected chi connectivity index (χ4v) is 1.90. The number of anilines is 1. The van der Waals surface area contributed by atoms with Crippen LogP contribution in [0.3, 0.4) is 0 Å². The van der Waals surface area contributed by atoms with Crippen LogP contribution in [-0.4, -0.2) is 17.6 Å². The Morgan fingerprint density at radius 2 is 1.76 bits per heavy atom. The molecule has 4 heteroatoms. The lowest BCUT2D eigenvalue weighted by Gasteiger charge is -2.13.